The molecule has 0 spiro atoms. The van der Waals surface area contributed by atoms with Gasteiger partial charge in [-0.05, 0) is 56.5 Å². The third-order valence-corrected chi connectivity index (χ3v) is 4.48. The van der Waals surface area contributed by atoms with Crippen LogP contribution in [0.2, 0.25) is 0 Å². The molecule has 2 heterocycles. The second kappa shape index (κ2) is 8.97. The lowest BCUT2D eigenvalue weighted by molar-refractivity contribution is -0.116. The van der Waals surface area contributed by atoms with E-state index in [-0.39, 0.29) is 18.3 Å². The van der Waals surface area contributed by atoms with Crippen LogP contribution in [0.1, 0.15) is 37.6 Å². The summed E-state index contributed by atoms with van der Waals surface area (Å²) in [6.07, 6.45) is 3.38. The molecule has 2 aromatic rings. The van der Waals surface area contributed by atoms with E-state index in [9.17, 15) is 4.79 Å². The smallest absolute Gasteiger partial charge is 0.257 e. The fourth-order valence-corrected chi connectivity index (χ4v) is 2.91. The van der Waals surface area contributed by atoms with E-state index in [1.807, 2.05) is 32.0 Å². The first-order valence-corrected chi connectivity index (χ1v) is 8.60. The highest BCUT2D eigenvalue weighted by atomic mass is 35.5. The lowest BCUT2D eigenvalue weighted by Crippen LogP contribution is -2.15. The van der Waals surface area contributed by atoms with Crippen molar-refractivity contribution in [2.24, 2.45) is 5.92 Å². The zero-order chi connectivity index (χ0) is 16.9. The number of rotatable bonds is 6. The minimum atomic E-state index is 0. The molecule has 1 aliphatic heterocycles. The maximum absolute atomic E-state index is 12.2. The number of carbonyl (C=O) groups excluding carboxylic acids is 1. The van der Waals surface area contributed by atoms with Gasteiger partial charge in [0.1, 0.15) is 0 Å². The van der Waals surface area contributed by atoms with Crippen molar-refractivity contribution < 1.29 is 9.32 Å². The van der Waals surface area contributed by atoms with E-state index >= 15 is 0 Å². The average molecular weight is 365 g/mol. The van der Waals surface area contributed by atoms with Gasteiger partial charge < -0.3 is 15.2 Å². The minimum Gasteiger partial charge on any atom is -0.334 e. The maximum Gasteiger partial charge on any atom is 0.257 e. The van der Waals surface area contributed by atoms with Crippen LogP contribution in [0.25, 0.3) is 11.5 Å². The topological polar surface area (TPSA) is 80.0 Å². The Morgan fingerprint density at radius 2 is 2.28 bits per heavy atom. The number of amides is 1. The third-order valence-electron chi connectivity index (χ3n) is 4.48. The highest BCUT2D eigenvalue weighted by Crippen LogP contribution is 2.25. The molecule has 0 radical (unpaired) electrons. The molecule has 1 fully saturated rings. The highest BCUT2D eigenvalue weighted by molar-refractivity contribution is 5.92. The fraction of sp³-hybridized carbons (Fsp3) is 0.500. The molecule has 25 heavy (non-hydrogen) atoms. The van der Waals surface area contributed by atoms with Crippen LogP contribution in [-0.2, 0) is 11.2 Å². The summed E-state index contributed by atoms with van der Waals surface area (Å²) in [5.74, 6) is 1.84. The van der Waals surface area contributed by atoms with Crippen LogP contribution in [0, 0.1) is 12.8 Å². The summed E-state index contributed by atoms with van der Waals surface area (Å²) in [5.41, 5.74) is 2.64. The number of halogens is 1. The second-order valence-corrected chi connectivity index (χ2v) is 6.34. The lowest BCUT2D eigenvalue weighted by atomic mass is 10.0. The maximum atomic E-state index is 12.2. The van der Waals surface area contributed by atoms with Gasteiger partial charge in [0.2, 0.25) is 5.91 Å². The van der Waals surface area contributed by atoms with Crippen LogP contribution in [-0.4, -0.2) is 29.1 Å². The summed E-state index contributed by atoms with van der Waals surface area (Å²) in [4.78, 5) is 16.6. The molecule has 3 rings (SSSR count). The molecule has 1 aliphatic rings. The lowest BCUT2D eigenvalue weighted by Gasteiger charge is -2.11. The average Bonchev–Trinajstić information content (AvgIpc) is 3.26. The van der Waals surface area contributed by atoms with Gasteiger partial charge in [-0.2, -0.15) is 4.98 Å². The molecule has 0 bridgehead atoms. The molecule has 0 aliphatic carbocycles. The van der Waals surface area contributed by atoms with E-state index in [0.29, 0.717) is 24.1 Å². The van der Waals surface area contributed by atoms with Crippen LogP contribution in [0.3, 0.4) is 0 Å². The molecule has 1 saturated heterocycles. The summed E-state index contributed by atoms with van der Waals surface area (Å²) in [6, 6.07) is 5.79. The zero-order valence-corrected chi connectivity index (χ0v) is 15.5. The van der Waals surface area contributed by atoms with Crippen LogP contribution in [0.15, 0.2) is 22.7 Å². The van der Waals surface area contributed by atoms with Gasteiger partial charge in [-0.25, -0.2) is 0 Å². The first kappa shape index (κ1) is 19.4. The number of hydrogen-bond donors (Lipinski definition) is 2. The Balaban J connectivity index is 0.00000225. The molecular weight excluding hydrogens is 340 g/mol. The van der Waals surface area contributed by atoms with Crippen molar-refractivity contribution in [3.63, 3.8) is 0 Å². The van der Waals surface area contributed by atoms with Crippen molar-refractivity contribution in [1.82, 2.24) is 15.5 Å². The van der Waals surface area contributed by atoms with Crippen LogP contribution < -0.4 is 10.6 Å². The molecule has 1 amide bonds. The SMILES string of the molecule is CCc1noc(-c2ccc(C)c(NC(=O)CCC3CCNC3)c2)n1.Cl. The Morgan fingerprint density at radius 1 is 1.44 bits per heavy atom. The second-order valence-electron chi connectivity index (χ2n) is 6.34. The molecule has 1 atom stereocenters. The molecule has 1 aromatic carbocycles. The standard InChI is InChI=1S/C18H24N4O2.ClH/c1-3-16-21-18(24-22-16)14-6-4-12(2)15(10-14)20-17(23)7-5-13-8-9-19-11-13;/h4,6,10,13,19H,3,5,7-9,11H2,1-2H3,(H,20,23);1H. The van der Waals surface area contributed by atoms with Gasteiger partial charge in [-0.15, -0.1) is 12.4 Å². The number of carbonyl (C=O) groups is 1. The van der Waals surface area contributed by atoms with Gasteiger partial charge in [0.15, 0.2) is 5.82 Å². The molecule has 1 aromatic heterocycles. The monoisotopic (exact) mass is 364 g/mol. The van der Waals surface area contributed by atoms with Gasteiger partial charge >= 0.3 is 0 Å². The zero-order valence-electron chi connectivity index (χ0n) is 14.7. The summed E-state index contributed by atoms with van der Waals surface area (Å²) < 4.78 is 5.28. The van der Waals surface area contributed by atoms with Gasteiger partial charge in [-0.3, -0.25) is 4.79 Å². The van der Waals surface area contributed by atoms with Crippen molar-refractivity contribution in [3.8, 4) is 11.5 Å². The summed E-state index contributed by atoms with van der Waals surface area (Å²) >= 11 is 0. The number of benzene rings is 1. The van der Waals surface area contributed by atoms with Crippen molar-refractivity contribution >= 4 is 24.0 Å². The van der Waals surface area contributed by atoms with Crippen molar-refractivity contribution in [1.29, 1.82) is 0 Å². The quantitative estimate of drug-likeness (QED) is 0.821. The molecule has 2 N–H and O–H groups in total. The van der Waals surface area contributed by atoms with E-state index in [1.165, 1.54) is 6.42 Å². The van der Waals surface area contributed by atoms with Gasteiger partial charge in [0.25, 0.3) is 5.89 Å². The van der Waals surface area contributed by atoms with Crippen molar-refractivity contribution in [2.45, 2.75) is 39.5 Å². The molecule has 136 valence electrons. The number of anilines is 1. The number of aryl methyl sites for hydroxylation is 2. The fourth-order valence-electron chi connectivity index (χ4n) is 2.91. The van der Waals surface area contributed by atoms with Crippen LogP contribution in [0.4, 0.5) is 5.69 Å². The summed E-state index contributed by atoms with van der Waals surface area (Å²) in [5, 5.41) is 10.3. The first-order valence-electron chi connectivity index (χ1n) is 8.60. The van der Waals surface area contributed by atoms with Crippen LogP contribution in [0.5, 0.6) is 0 Å². The Kier molecular flexibility index (Phi) is 6.96. The van der Waals surface area contributed by atoms with Gasteiger partial charge in [-0.1, -0.05) is 18.1 Å². The van der Waals surface area contributed by atoms with Gasteiger partial charge in [0.05, 0.1) is 0 Å². The molecule has 6 nitrogen and oxygen atoms in total. The Morgan fingerprint density at radius 3 is 2.96 bits per heavy atom. The van der Waals surface area contributed by atoms with Crippen molar-refractivity contribution in [2.75, 3.05) is 18.4 Å². The van der Waals surface area contributed by atoms with E-state index < -0.39 is 0 Å². The Hall–Kier alpha value is -1.92. The van der Waals surface area contributed by atoms with E-state index in [2.05, 4.69) is 20.8 Å². The molecule has 0 saturated carbocycles. The van der Waals surface area contributed by atoms with Crippen molar-refractivity contribution in [3.05, 3.63) is 29.6 Å². The normalized spacial score (nSPS) is 16.5. The largest absolute Gasteiger partial charge is 0.334 e. The van der Waals surface area contributed by atoms with Gasteiger partial charge in [0, 0.05) is 24.1 Å². The third kappa shape index (κ3) is 5.03. The predicted octanol–water partition coefficient (Wildman–Crippen LogP) is 3.36. The number of aromatic nitrogens is 2. The highest BCUT2D eigenvalue weighted by Gasteiger charge is 2.16. The Labute approximate surface area is 154 Å². The molecular formula is C18H25ClN4O2. The first-order chi connectivity index (χ1) is 11.7. The summed E-state index contributed by atoms with van der Waals surface area (Å²) in [7, 11) is 0. The minimum absolute atomic E-state index is 0. The van der Waals surface area contributed by atoms with E-state index in [1.54, 1.807) is 0 Å². The Bertz CT molecular complexity index is 711. The number of hydrogen-bond acceptors (Lipinski definition) is 5. The summed E-state index contributed by atoms with van der Waals surface area (Å²) in [6.45, 7) is 6.05. The van der Waals surface area contributed by atoms with E-state index in [0.717, 1.165) is 42.7 Å². The molecule has 1 unspecified atom stereocenters. The van der Waals surface area contributed by atoms with E-state index in [4.69, 9.17) is 4.52 Å². The predicted molar refractivity (Wildman–Crippen MR) is 99.9 cm³/mol. The number of nitrogens with one attached hydrogen (secondary N) is 2. The van der Waals surface area contributed by atoms with Crippen LogP contribution >= 0.6 is 12.4 Å². The molecule has 7 heteroatoms. The number of nitrogens with zero attached hydrogens (tertiary/aromatic N) is 2.